The van der Waals surface area contributed by atoms with Crippen LogP contribution in [0.5, 0.6) is 5.75 Å². The van der Waals surface area contributed by atoms with Gasteiger partial charge in [0.1, 0.15) is 5.75 Å². The van der Waals surface area contributed by atoms with Crippen molar-refractivity contribution in [1.29, 1.82) is 0 Å². The van der Waals surface area contributed by atoms with Crippen molar-refractivity contribution in [2.45, 2.75) is 5.16 Å². The van der Waals surface area contributed by atoms with Crippen molar-refractivity contribution in [3.63, 3.8) is 0 Å². The zero-order chi connectivity index (χ0) is 17.7. The van der Waals surface area contributed by atoms with Gasteiger partial charge in [-0.25, -0.2) is 0 Å². The second kappa shape index (κ2) is 7.85. The maximum absolute atomic E-state index is 12.0. The Morgan fingerprint density at radius 3 is 2.68 bits per heavy atom. The normalized spacial score (nSPS) is 11.4. The van der Waals surface area contributed by atoms with Crippen molar-refractivity contribution < 1.29 is 12.6 Å². The van der Waals surface area contributed by atoms with E-state index in [1.165, 1.54) is 16.4 Å². The highest BCUT2D eigenvalue weighted by atomic mass is 35.5. The van der Waals surface area contributed by atoms with Crippen LogP contribution < -0.4 is 4.18 Å². The third kappa shape index (κ3) is 4.94. The largest absolute Gasteiger partial charge is 0.382 e. The summed E-state index contributed by atoms with van der Waals surface area (Å²) >= 11 is 7.19. The summed E-state index contributed by atoms with van der Waals surface area (Å²) in [6.45, 7) is 0. The number of halogens is 1. The van der Waals surface area contributed by atoms with Gasteiger partial charge in [-0.3, -0.25) is 0 Å². The van der Waals surface area contributed by atoms with Crippen LogP contribution >= 0.6 is 23.4 Å². The molecule has 3 aromatic rings. The highest BCUT2D eigenvalue weighted by Gasteiger charge is 2.15. The molecule has 10 heteroatoms. The third-order valence-corrected chi connectivity index (χ3v) is 5.59. The van der Waals surface area contributed by atoms with Crippen LogP contribution in [-0.2, 0) is 10.1 Å². The first-order valence-corrected chi connectivity index (χ1v) is 10.1. The summed E-state index contributed by atoms with van der Waals surface area (Å²) < 4.78 is 30.6. The van der Waals surface area contributed by atoms with Crippen LogP contribution in [0, 0.1) is 0 Å². The quantitative estimate of drug-likeness (QED) is 0.448. The van der Waals surface area contributed by atoms with E-state index in [2.05, 4.69) is 15.5 Å². The van der Waals surface area contributed by atoms with E-state index in [4.69, 9.17) is 15.8 Å². The van der Waals surface area contributed by atoms with Gasteiger partial charge in [-0.1, -0.05) is 47.6 Å². The van der Waals surface area contributed by atoms with E-state index in [-0.39, 0.29) is 17.3 Å². The predicted molar refractivity (Wildman–Crippen MR) is 95.7 cm³/mol. The average molecular weight is 397 g/mol. The maximum atomic E-state index is 12.0. The van der Waals surface area contributed by atoms with Crippen LogP contribution in [0.2, 0.25) is 5.02 Å². The smallest absolute Gasteiger partial charge is 0.310 e. The van der Waals surface area contributed by atoms with Crippen molar-refractivity contribution in [2.75, 3.05) is 11.5 Å². The molecule has 1 aromatic heterocycles. The zero-order valence-corrected chi connectivity index (χ0v) is 15.2. The molecule has 2 aromatic carbocycles. The average Bonchev–Trinajstić information content (AvgIpc) is 3.03. The molecule has 0 aliphatic heterocycles. The topological polar surface area (TPSA) is 87.0 Å². The molecule has 0 bridgehead atoms. The fourth-order valence-electron chi connectivity index (χ4n) is 1.94. The Hall–Kier alpha value is -2.10. The van der Waals surface area contributed by atoms with E-state index in [1.54, 1.807) is 48.5 Å². The number of hydrogen-bond donors (Lipinski definition) is 0. The monoisotopic (exact) mass is 396 g/mol. The molecule has 0 N–H and O–H groups in total. The van der Waals surface area contributed by atoms with E-state index in [0.717, 1.165) is 0 Å². The van der Waals surface area contributed by atoms with Crippen LogP contribution in [-0.4, -0.2) is 40.1 Å². The van der Waals surface area contributed by atoms with Gasteiger partial charge in [0.15, 0.2) is 0 Å². The van der Waals surface area contributed by atoms with Crippen molar-refractivity contribution >= 4 is 33.5 Å². The number of thioether (sulfide) groups is 1. The van der Waals surface area contributed by atoms with E-state index in [0.29, 0.717) is 15.9 Å². The molecule has 1 heterocycles. The molecule has 0 saturated carbocycles. The molecule has 7 nitrogen and oxygen atoms in total. The van der Waals surface area contributed by atoms with Gasteiger partial charge in [0.25, 0.3) is 0 Å². The number of tetrazole rings is 1. The lowest BCUT2D eigenvalue weighted by molar-refractivity contribution is 0.488. The summed E-state index contributed by atoms with van der Waals surface area (Å²) in [5.74, 6) is 0.363. The Morgan fingerprint density at radius 2 is 1.92 bits per heavy atom. The number of nitrogens with zero attached hydrogens (tertiary/aromatic N) is 4. The minimum atomic E-state index is -3.69. The van der Waals surface area contributed by atoms with Crippen molar-refractivity contribution in [3.05, 3.63) is 59.6 Å². The molecule has 0 aliphatic rings. The first-order valence-electron chi connectivity index (χ1n) is 7.18. The lowest BCUT2D eigenvalue weighted by Crippen LogP contribution is -2.15. The third-order valence-electron chi connectivity index (χ3n) is 3.02. The Bertz CT molecular complexity index is 948. The number of aromatic nitrogens is 4. The Kier molecular flexibility index (Phi) is 5.57. The van der Waals surface area contributed by atoms with Crippen LogP contribution in [0.25, 0.3) is 5.69 Å². The molecule has 0 aliphatic carbocycles. The molecule has 130 valence electrons. The first kappa shape index (κ1) is 17.7. The highest BCUT2D eigenvalue weighted by Crippen LogP contribution is 2.21. The molecule has 0 fully saturated rings. The van der Waals surface area contributed by atoms with Gasteiger partial charge >= 0.3 is 10.1 Å². The van der Waals surface area contributed by atoms with E-state index < -0.39 is 10.1 Å². The second-order valence-corrected chi connectivity index (χ2v) is 8.05. The minimum absolute atomic E-state index is 0.172. The molecule has 0 spiro atoms. The number of hydrogen-bond acceptors (Lipinski definition) is 7. The van der Waals surface area contributed by atoms with Crippen molar-refractivity contribution in [3.8, 4) is 11.4 Å². The molecule has 0 radical (unpaired) electrons. The first-order chi connectivity index (χ1) is 12.0. The second-order valence-electron chi connectivity index (χ2n) is 4.86. The lowest BCUT2D eigenvalue weighted by Gasteiger charge is -2.07. The summed E-state index contributed by atoms with van der Waals surface area (Å²) in [6.07, 6.45) is 0. The fraction of sp³-hybridized carbons (Fsp3) is 0.133. The summed E-state index contributed by atoms with van der Waals surface area (Å²) in [4.78, 5) is 0. The van der Waals surface area contributed by atoms with Crippen LogP contribution in [0.4, 0.5) is 0 Å². The molecule has 25 heavy (non-hydrogen) atoms. The fourth-order valence-corrected chi connectivity index (χ4v) is 4.30. The SMILES string of the molecule is O=S(=O)(CCSc1nnnn1-c1cccc(Cl)c1)Oc1ccccc1. The summed E-state index contributed by atoms with van der Waals surface area (Å²) in [6, 6.07) is 15.4. The van der Waals surface area contributed by atoms with Crippen LogP contribution in [0.3, 0.4) is 0 Å². The van der Waals surface area contributed by atoms with Gasteiger partial charge in [-0.15, -0.1) is 5.10 Å². The summed E-state index contributed by atoms with van der Waals surface area (Å²) in [5.41, 5.74) is 0.698. The molecular formula is C15H13ClN4O3S2. The minimum Gasteiger partial charge on any atom is -0.382 e. The van der Waals surface area contributed by atoms with Crippen LogP contribution in [0.1, 0.15) is 0 Å². The summed E-state index contributed by atoms with van der Waals surface area (Å²) in [7, 11) is -3.69. The predicted octanol–water partition coefficient (Wildman–Crippen LogP) is 2.82. The van der Waals surface area contributed by atoms with E-state index in [1.807, 2.05) is 6.07 Å². The van der Waals surface area contributed by atoms with Crippen LogP contribution in [0.15, 0.2) is 59.8 Å². The Morgan fingerprint density at radius 1 is 1.12 bits per heavy atom. The van der Waals surface area contributed by atoms with Gasteiger partial charge < -0.3 is 4.18 Å². The summed E-state index contributed by atoms with van der Waals surface area (Å²) in [5, 5.41) is 12.5. The molecule has 0 atom stereocenters. The number of benzene rings is 2. The lowest BCUT2D eigenvalue weighted by atomic mass is 10.3. The number of para-hydroxylation sites is 1. The van der Waals surface area contributed by atoms with Gasteiger partial charge in [-0.2, -0.15) is 13.1 Å². The van der Waals surface area contributed by atoms with E-state index in [9.17, 15) is 8.42 Å². The van der Waals surface area contributed by atoms with Crippen molar-refractivity contribution in [1.82, 2.24) is 20.2 Å². The molecule has 0 unspecified atom stereocenters. The van der Waals surface area contributed by atoms with Gasteiger partial charge in [0.05, 0.1) is 11.4 Å². The van der Waals surface area contributed by atoms with Gasteiger partial charge in [0, 0.05) is 10.8 Å². The number of rotatable bonds is 7. The standard InChI is InChI=1S/C15H13ClN4O3S2/c16-12-5-4-6-13(11-12)20-15(17-18-19-20)24-9-10-25(21,22)23-14-7-2-1-3-8-14/h1-8,11H,9-10H2. The highest BCUT2D eigenvalue weighted by molar-refractivity contribution is 8.00. The van der Waals surface area contributed by atoms with E-state index >= 15 is 0 Å². The maximum Gasteiger partial charge on any atom is 0.310 e. The zero-order valence-electron chi connectivity index (χ0n) is 12.8. The molecule has 0 amide bonds. The molecule has 0 saturated heterocycles. The van der Waals surface area contributed by atoms with Gasteiger partial charge in [-0.05, 0) is 40.8 Å². The Labute approximate surface area is 154 Å². The Balaban J connectivity index is 1.62. The van der Waals surface area contributed by atoms with Crippen molar-refractivity contribution in [2.24, 2.45) is 0 Å². The molecular weight excluding hydrogens is 384 g/mol. The van der Waals surface area contributed by atoms with Gasteiger partial charge in [0.2, 0.25) is 5.16 Å². The molecule has 3 rings (SSSR count).